The predicted molar refractivity (Wildman–Crippen MR) is 54.5 cm³/mol. The summed E-state index contributed by atoms with van der Waals surface area (Å²) < 4.78 is 0. The van der Waals surface area contributed by atoms with Crippen LogP contribution in [0.5, 0.6) is 0 Å². The molecule has 3 heteroatoms. The summed E-state index contributed by atoms with van der Waals surface area (Å²) in [5.74, 6) is -0.0921. The summed E-state index contributed by atoms with van der Waals surface area (Å²) in [6, 6.07) is 9.93. The molecule has 0 bridgehead atoms. The molecule has 68 valence electrons. The molecule has 0 radical (unpaired) electrons. The van der Waals surface area contributed by atoms with Gasteiger partial charge in [0.25, 0.3) is 0 Å². The van der Waals surface area contributed by atoms with Crippen molar-refractivity contribution in [1.82, 2.24) is 0 Å². The standard InChI is InChI=1S/C10H10O2S/c11-10(12)6-7-13-8-9-4-2-1-3-5-9/h1-7H,8H2,(H,11,12)/b7-6+. The van der Waals surface area contributed by atoms with Crippen LogP contribution in [0.15, 0.2) is 41.8 Å². The maximum atomic E-state index is 10.1. The first kappa shape index (κ1) is 9.86. The molecule has 2 nitrogen and oxygen atoms in total. The van der Waals surface area contributed by atoms with Gasteiger partial charge in [-0.2, -0.15) is 0 Å². The fourth-order valence-corrected chi connectivity index (χ4v) is 1.52. The SMILES string of the molecule is O=C(O)/C=C/SCc1ccccc1. The topological polar surface area (TPSA) is 37.3 Å². The second-order valence-electron chi connectivity index (χ2n) is 2.44. The van der Waals surface area contributed by atoms with Crippen molar-refractivity contribution in [2.75, 3.05) is 0 Å². The number of benzene rings is 1. The van der Waals surface area contributed by atoms with Crippen molar-refractivity contribution < 1.29 is 9.90 Å². The molecule has 0 fully saturated rings. The Bertz CT molecular complexity index is 293. The van der Waals surface area contributed by atoms with Crippen LogP contribution in [0, 0.1) is 0 Å². The van der Waals surface area contributed by atoms with Crippen molar-refractivity contribution in [1.29, 1.82) is 0 Å². The minimum atomic E-state index is -0.902. The minimum Gasteiger partial charge on any atom is -0.478 e. The molecule has 0 aliphatic rings. The molecule has 0 aliphatic carbocycles. The molecule has 0 amide bonds. The summed E-state index contributed by atoms with van der Waals surface area (Å²) in [6.45, 7) is 0. The van der Waals surface area contributed by atoms with Crippen LogP contribution < -0.4 is 0 Å². The van der Waals surface area contributed by atoms with E-state index < -0.39 is 5.97 Å². The molecule has 0 spiro atoms. The summed E-state index contributed by atoms with van der Waals surface area (Å²) in [5.41, 5.74) is 1.20. The Balaban J connectivity index is 2.32. The van der Waals surface area contributed by atoms with Crippen molar-refractivity contribution in [3.63, 3.8) is 0 Å². The lowest BCUT2D eigenvalue weighted by molar-refractivity contribution is -0.131. The van der Waals surface area contributed by atoms with Crippen molar-refractivity contribution in [2.24, 2.45) is 0 Å². The first-order chi connectivity index (χ1) is 6.29. The van der Waals surface area contributed by atoms with Gasteiger partial charge in [0.15, 0.2) is 0 Å². The summed E-state index contributed by atoms with van der Waals surface area (Å²) in [6.07, 6.45) is 1.15. The van der Waals surface area contributed by atoms with Crippen LogP contribution in [0.1, 0.15) is 5.56 Å². The van der Waals surface area contributed by atoms with Gasteiger partial charge in [0, 0.05) is 11.8 Å². The Morgan fingerprint density at radius 1 is 1.38 bits per heavy atom. The molecule has 0 atom stereocenters. The van der Waals surface area contributed by atoms with Crippen molar-refractivity contribution in [2.45, 2.75) is 5.75 Å². The largest absolute Gasteiger partial charge is 0.478 e. The van der Waals surface area contributed by atoms with Crippen molar-refractivity contribution in [3.8, 4) is 0 Å². The lowest BCUT2D eigenvalue weighted by Gasteiger charge is -1.95. The zero-order valence-corrected chi connectivity index (χ0v) is 7.83. The van der Waals surface area contributed by atoms with E-state index in [-0.39, 0.29) is 0 Å². The van der Waals surface area contributed by atoms with Crippen LogP contribution in [-0.2, 0) is 10.5 Å². The molecule has 13 heavy (non-hydrogen) atoms. The lowest BCUT2D eigenvalue weighted by atomic mass is 10.2. The van der Waals surface area contributed by atoms with Crippen LogP contribution in [0.3, 0.4) is 0 Å². The first-order valence-electron chi connectivity index (χ1n) is 3.84. The molecule has 1 aromatic rings. The zero-order chi connectivity index (χ0) is 9.52. The molecule has 0 saturated carbocycles. The highest BCUT2D eigenvalue weighted by molar-refractivity contribution is 8.01. The second-order valence-corrected chi connectivity index (χ2v) is 3.33. The third-order valence-corrected chi connectivity index (χ3v) is 2.23. The summed E-state index contributed by atoms with van der Waals surface area (Å²) in [7, 11) is 0. The van der Waals surface area contributed by atoms with Crippen LogP contribution >= 0.6 is 11.8 Å². The fourth-order valence-electron chi connectivity index (χ4n) is 0.825. The van der Waals surface area contributed by atoms with E-state index in [1.807, 2.05) is 30.3 Å². The van der Waals surface area contributed by atoms with E-state index in [1.54, 1.807) is 5.41 Å². The molecule has 1 aromatic carbocycles. The molecule has 0 unspecified atom stereocenters. The van der Waals surface area contributed by atoms with Gasteiger partial charge in [-0.05, 0) is 11.0 Å². The minimum absolute atomic E-state index is 0.810. The number of hydrogen-bond acceptors (Lipinski definition) is 2. The van der Waals surface area contributed by atoms with E-state index in [9.17, 15) is 4.79 Å². The predicted octanol–water partition coefficient (Wildman–Crippen LogP) is 2.52. The van der Waals surface area contributed by atoms with Gasteiger partial charge >= 0.3 is 5.97 Å². The van der Waals surface area contributed by atoms with E-state index in [1.165, 1.54) is 17.3 Å². The summed E-state index contributed by atoms with van der Waals surface area (Å²) in [4.78, 5) is 10.1. The van der Waals surface area contributed by atoms with Crippen molar-refractivity contribution in [3.05, 3.63) is 47.4 Å². The van der Waals surface area contributed by atoms with Gasteiger partial charge in [-0.3, -0.25) is 0 Å². The smallest absolute Gasteiger partial charge is 0.328 e. The second kappa shape index (κ2) is 5.43. The highest BCUT2D eigenvalue weighted by Gasteiger charge is 1.89. The Hall–Kier alpha value is -1.22. The third kappa shape index (κ3) is 4.38. The molecule has 0 heterocycles. The van der Waals surface area contributed by atoms with Gasteiger partial charge in [0.1, 0.15) is 0 Å². The molecule has 0 aliphatic heterocycles. The normalized spacial score (nSPS) is 10.5. The molecular formula is C10H10O2S. The average molecular weight is 194 g/mol. The molecule has 0 aromatic heterocycles. The van der Waals surface area contributed by atoms with E-state index in [2.05, 4.69) is 0 Å². The first-order valence-corrected chi connectivity index (χ1v) is 4.89. The lowest BCUT2D eigenvalue weighted by Crippen LogP contribution is -1.84. The van der Waals surface area contributed by atoms with Crippen LogP contribution in [0.2, 0.25) is 0 Å². The van der Waals surface area contributed by atoms with Gasteiger partial charge in [-0.15, -0.1) is 11.8 Å². The van der Waals surface area contributed by atoms with Gasteiger partial charge in [-0.25, -0.2) is 4.79 Å². The third-order valence-electron chi connectivity index (χ3n) is 1.40. The van der Waals surface area contributed by atoms with E-state index >= 15 is 0 Å². The Morgan fingerprint density at radius 2 is 2.08 bits per heavy atom. The van der Waals surface area contributed by atoms with Gasteiger partial charge in [0.2, 0.25) is 0 Å². The maximum absolute atomic E-state index is 10.1. The molecule has 1 rings (SSSR count). The van der Waals surface area contributed by atoms with E-state index in [0.29, 0.717) is 0 Å². The maximum Gasteiger partial charge on any atom is 0.328 e. The number of carboxylic acids is 1. The molecule has 1 N–H and O–H groups in total. The zero-order valence-electron chi connectivity index (χ0n) is 7.01. The van der Waals surface area contributed by atoms with E-state index in [4.69, 9.17) is 5.11 Å². The molecule has 0 saturated heterocycles. The number of rotatable bonds is 4. The number of carboxylic acid groups (broad SMARTS) is 1. The number of carbonyl (C=O) groups is 1. The Labute approximate surface area is 81.3 Å². The van der Waals surface area contributed by atoms with Crippen LogP contribution in [0.25, 0.3) is 0 Å². The quantitative estimate of drug-likeness (QED) is 0.748. The Kier molecular flexibility index (Phi) is 4.12. The van der Waals surface area contributed by atoms with Crippen LogP contribution in [-0.4, -0.2) is 11.1 Å². The van der Waals surface area contributed by atoms with Crippen LogP contribution in [0.4, 0.5) is 0 Å². The Morgan fingerprint density at radius 3 is 2.69 bits per heavy atom. The monoisotopic (exact) mass is 194 g/mol. The van der Waals surface area contributed by atoms with E-state index in [0.717, 1.165) is 11.8 Å². The fraction of sp³-hybridized carbons (Fsp3) is 0.100. The highest BCUT2D eigenvalue weighted by Crippen LogP contribution is 2.12. The van der Waals surface area contributed by atoms with Gasteiger partial charge in [0.05, 0.1) is 0 Å². The van der Waals surface area contributed by atoms with Gasteiger partial charge in [-0.1, -0.05) is 30.3 Å². The van der Waals surface area contributed by atoms with Crippen molar-refractivity contribution >= 4 is 17.7 Å². The summed E-state index contributed by atoms with van der Waals surface area (Å²) >= 11 is 1.47. The number of aliphatic carboxylic acids is 1. The molecular weight excluding hydrogens is 184 g/mol. The number of thioether (sulfide) groups is 1. The summed E-state index contributed by atoms with van der Waals surface area (Å²) in [5, 5.41) is 9.90. The van der Waals surface area contributed by atoms with Gasteiger partial charge < -0.3 is 5.11 Å². The highest BCUT2D eigenvalue weighted by atomic mass is 32.2. The number of hydrogen-bond donors (Lipinski definition) is 1. The average Bonchev–Trinajstić information content (AvgIpc) is 2.14.